The number of nitrogens with one attached hydrogen (secondary N) is 1. The minimum absolute atomic E-state index is 0.211. The molecule has 2 rings (SSSR count). The summed E-state index contributed by atoms with van der Waals surface area (Å²) < 4.78 is 5.65. The number of H-pyrrole nitrogens is 1. The number of aromatic nitrogens is 2. The Labute approximate surface area is 117 Å². The number of carboxylic acid groups (broad SMARTS) is 1. The van der Waals surface area contributed by atoms with Crippen molar-refractivity contribution < 1.29 is 14.6 Å². The number of carboxylic acids is 1. The van der Waals surface area contributed by atoms with Crippen LogP contribution in [-0.4, -0.2) is 28.2 Å². The molecule has 1 aromatic heterocycles. The molecule has 20 heavy (non-hydrogen) atoms. The molecule has 1 heterocycles. The maximum Gasteiger partial charge on any atom is 0.308 e. The topological polar surface area (TPSA) is 92.3 Å². The van der Waals surface area contributed by atoms with E-state index in [4.69, 9.17) is 9.84 Å². The summed E-state index contributed by atoms with van der Waals surface area (Å²) in [5, 5.41) is 8.83. The van der Waals surface area contributed by atoms with Gasteiger partial charge in [0.2, 0.25) is 0 Å². The van der Waals surface area contributed by atoms with E-state index >= 15 is 0 Å². The number of nitrogens with zero attached hydrogens (tertiary/aromatic N) is 1. The SMILES string of the molecule is COC1(c2nc(C)c(CC(=O)O)c(=O)[nH]2)CCCCC1. The normalized spacial score (nSPS) is 17.9. The fourth-order valence-electron chi connectivity index (χ4n) is 2.85. The molecule has 0 spiro atoms. The van der Waals surface area contributed by atoms with Gasteiger partial charge < -0.3 is 14.8 Å². The van der Waals surface area contributed by atoms with E-state index in [0.29, 0.717) is 11.5 Å². The molecule has 0 unspecified atom stereocenters. The van der Waals surface area contributed by atoms with Gasteiger partial charge in [-0.2, -0.15) is 0 Å². The van der Waals surface area contributed by atoms with Crippen LogP contribution in [0.4, 0.5) is 0 Å². The van der Waals surface area contributed by atoms with Crippen LogP contribution in [0.25, 0.3) is 0 Å². The van der Waals surface area contributed by atoms with Crippen molar-refractivity contribution >= 4 is 5.97 Å². The van der Waals surface area contributed by atoms with Gasteiger partial charge in [0.25, 0.3) is 5.56 Å². The lowest BCUT2D eigenvalue weighted by molar-refractivity contribution is -0.136. The Morgan fingerprint density at radius 1 is 1.40 bits per heavy atom. The number of aryl methyl sites for hydroxylation is 1. The Morgan fingerprint density at radius 2 is 2.05 bits per heavy atom. The molecule has 6 nitrogen and oxygen atoms in total. The average molecular weight is 280 g/mol. The maximum atomic E-state index is 12.1. The van der Waals surface area contributed by atoms with Crippen LogP contribution in [0.1, 0.15) is 49.2 Å². The van der Waals surface area contributed by atoms with E-state index in [1.165, 1.54) is 0 Å². The van der Waals surface area contributed by atoms with Gasteiger partial charge in [-0.3, -0.25) is 9.59 Å². The third-order valence-corrected chi connectivity index (χ3v) is 4.03. The zero-order valence-corrected chi connectivity index (χ0v) is 11.9. The molecule has 1 saturated carbocycles. The van der Waals surface area contributed by atoms with Crippen molar-refractivity contribution in [3.05, 3.63) is 27.4 Å². The van der Waals surface area contributed by atoms with E-state index < -0.39 is 11.6 Å². The Hall–Kier alpha value is -1.69. The second-order valence-electron chi connectivity index (χ2n) is 5.31. The first kappa shape index (κ1) is 14.7. The summed E-state index contributed by atoms with van der Waals surface area (Å²) in [6, 6.07) is 0. The molecule has 0 saturated heterocycles. The van der Waals surface area contributed by atoms with Crippen LogP contribution in [0.5, 0.6) is 0 Å². The van der Waals surface area contributed by atoms with Crippen LogP contribution >= 0.6 is 0 Å². The summed E-state index contributed by atoms with van der Waals surface area (Å²) in [6.45, 7) is 1.67. The number of rotatable bonds is 4. The molecule has 6 heteroatoms. The van der Waals surface area contributed by atoms with Crippen LogP contribution < -0.4 is 5.56 Å². The number of methoxy groups -OCH3 is 1. The third-order valence-electron chi connectivity index (χ3n) is 4.03. The molecule has 0 amide bonds. The van der Waals surface area contributed by atoms with Crippen molar-refractivity contribution in [3.63, 3.8) is 0 Å². The van der Waals surface area contributed by atoms with Gasteiger partial charge >= 0.3 is 5.97 Å². The van der Waals surface area contributed by atoms with Crippen LogP contribution in [0.2, 0.25) is 0 Å². The molecule has 1 fully saturated rings. The molecule has 0 aliphatic heterocycles. The van der Waals surface area contributed by atoms with E-state index in [-0.39, 0.29) is 17.5 Å². The third kappa shape index (κ3) is 2.75. The standard InChI is InChI=1S/C14H20N2O4/c1-9-10(8-11(17)18)12(19)16-13(15-9)14(20-2)6-4-3-5-7-14/h3-8H2,1-2H3,(H,17,18)(H,15,16,19). The molecular formula is C14H20N2O4. The minimum atomic E-state index is -1.03. The number of hydrogen-bond acceptors (Lipinski definition) is 4. The number of aliphatic carboxylic acids is 1. The predicted octanol–water partition coefficient (Wildman–Crippen LogP) is 1.51. The van der Waals surface area contributed by atoms with Gasteiger partial charge in [0.05, 0.1) is 6.42 Å². The van der Waals surface area contributed by atoms with Crippen molar-refractivity contribution in [2.24, 2.45) is 0 Å². The first-order chi connectivity index (χ1) is 9.48. The Bertz CT molecular complexity index is 559. The summed E-state index contributed by atoms with van der Waals surface area (Å²) in [4.78, 5) is 30.0. The molecule has 0 bridgehead atoms. The van der Waals surface area contributed by atoms with Gasteiger partial charge in [-0.1, -0.05) is 19.3 Å². The maximum absolute atomic E-state index is 12.1. The van der Waals surface area contributed by atoms with Crippen molar-refractivity contribution in [3.8, 4) is 0 Å². The molecule has 0 aromatic carbocycles. The zero-order chi connectivity index (χ0) is 14.8. The molecule has 0 radical (unpaired) electrons. The Kier molecular flexibility index (Phi) is 4.23. The van der Waals surface area contributed by atoms with E-state index in [0.717, 1.165) is 32.1 Å². The first-order valence-corrected chi connectivity index (χ1v) is 6.86. The fourth-order valence-corrected chi connectivity index (χ4v) is 2.85. The fraction of sp³-hybridized carbons (Fsp3) is 0.643. The van der Waals surface area contributed by atoms with Crippen molar-refractivity contribution in [2.45, 2.75) is 51.0 Å². The number of carbonyl (C=O) groups is 1. The van der Waals surface area contributed by atoms with Gasteiger partial charge in [0.15, 0.2) is 0 Å². The highest BCUT2D eigenvalue weighted by Crippen LogP contribution is 2.37. The lowest BCUT2D eigenvalue weighted by Gasteiger charge is -2.35. The van der Waals surface area contributed by atoms with Gasteiger partial charge in [0, 0.05) is 18.4 Å². The second-order valence-corrected chi connectivity index (χ2v) is 5.31. The molecular weight excluding hydrogens is 260 g/mol. The average Bonchev–Trinajstić information content (AvgIpc) is 2.43. The smallest absolute Gasteiger partial charge is 0.308 e. The van der Waals surface area contributed by atoms with Gasteiger partial charge in [-0.05, 0) is 19.8 Å². The highest BCUT2D eigenvalue weighted by atomic mass is 16.5. The van der Waals surface area contributed by atoms with Crippen molar-refractivity contribution in [1.29, 1.82) is 0 Å². The number of aromatic amines is 1. The summed E-state index contributed by atoms with van der Waals surface area (Å²) in [6.07, 6.45) is 4.56. The minimum Gasteiger partial charge on any atom is -0.481 e. The molecule has 1 aromatic rings. The zero-order valence-electron chi connectivity index (χ0n) is 11.9. The molecule has 1 aliphatic carbocycles. The lowest BCUT2D eigenvalue weighted by Crippen LogP contribution is -2.36. The quantitative estimate of drug-likeness (QED) is 0.872. The summed E-state index contributed by atoms with van der Waals surface area (Å²) in [5.74, 6) is -0.511. The highest BCUT2D eigenvalue weighted by molar-refractivity contribution is 5.70. The molecule has 1 aliphatic rings. The van der Waals surface area contributed by atoms with Crippen LogP contribution in [0, 0.1) is 6.92 Å². The predicted molar refractivity (Wildman–Crippen MR) is 72.7 cm³/mol. The lowest BCUT2D eigenvalue weighted by atomic mass is 9.84. The number of hydrogen-bond donors (Lipinski definition) is 2. The monoisotopic (exact) mass is 280 g/mol. The van der Waals surface area contributed by atoms with E-state index in [1.807, 2.05) is 0 Å². The summed E-state index contributed by atoms with van der Waals surface area (Å²) >= 11 is 0. The second kappa shape index (κ2) is 5.75. The Morgan fingerprint density at radius 3 is 2.55 bits per heavy atom. The largest absolute Gasteiger partial charge is 0.481 e. The van der Waals surface area contributed by atoms with Crippen LogP contribution in [0.3, 0.4) is 0 Å². The molecule has 0 atom stereocenters. The van der Waals surface area contributed by atoms with E-state index in [1.54, 1.807) is 14.0 Å². The van der Waals surface area contributed by atoms with Gasteiger partial charge in [-0.15, -0.1) is 0 Å². The summed E-state index contributed by atoms with van der Waals surface area (Å²) in [7, 11) is 1.63. The first-order valence-electron chi connectivity index (χ1n) is 6.86. The van der Waals surface area contributed by atoms with Crippen LogP contribution in [-0.2, 0) is 21.6 Å². The Balaban J connectivity index is 2.43. The highest BCUT2D eigenvalue weighted by Gasteiger charge is 2.36. The molecule has 2 N–H and O–H groups in total. The van der Waals surface area contributed by atoms with Gasteiger partial charge in [0.1, 0.15) is 11.4 Å². The van der Waals surface area contributed by atoms with Crippen molar-refractivity contribution in [2.75, 3.05) is 7.11 Å². The van der Waals surface area contributed by atoms with Crippen molar-refractivity contribution in [1.82, 2.24) is 9.97 Å². The molecule has 110 valence electrons. The summed E-state index contributed by atoms with van der Waals surface area (Å²) in [5.41, 5.74) is -0.238. The van der Waals surface area contributed by atoms with E-state index in [2.05, 4.69) is 9.97 Å². The van der Waals surface area contributed by atoms with Gasteiger partial charge in [-0.25, -0.2) is 4.98 Å². The number of ether oxygens (including phenoxy) is 1. The van der Waals surface area contributed by atoms with Crippen LogP contribution in [0.15, 0.2) is 4.79 Å². The van der Waals surface area contributed by atoms with E-state index in [9.17, 15) is 9.59 Å².